The summed E-state index contributed by atoms with van der Waals surface area (Å²) in [7, 11) is -0.917. The van der Waals surface area contributed by atoms with Crippen LogP contribution in [0, 0.1) is 0 Å². The van der Waals surface area contributed by atoms with Gasteiger partial charge in [-0.1, -0.05) is 30.3 Å². The fourth-order valence-corrected chi connectivity index (χ4v) is 2.26. The van der Waals surface area contributed by atoms with Crippen LogP contribution >= 0.6 is 0 Å². The quantitative estimate of drug-likeness (QED) is 0.714. The minimum absolute atomic E-state index is 0.466. The largest absolute Gasteiger partial charge is 0.491 e. The molecule has 0 amide bonds. The normalized spacial score (nSPS) is 11.2. The molecule has 1 heterocycles. The Morgan fingerprint density at radius 3 is 2.72 bits per heavy atom. The van der Waals surface area contributed by atoms with E-state index in [-0.39, 0.29) is 0 Å². The zero-order chi connectivity index (χ0) is 12.5. The Kier molecular flexibility index (Phi) is 2.82. The maximum Gasteiger partial charge on any atom is 0.491 e. The molecule has 0 aliphatic rings. The summed E-state index contributed by atoms with van der Waals surface area (Å²) in [5.41, 5.74) is 2.34. The number of furan rings is 1. The highest BCUT2D eigenvalue weighted by Gasteiger charge is 2.21. The average Bonchev–Trinajstić information content (AvgIpc) is 2.77. The van der Waals surface area contributed by atoms with Crippen molar-refractivity contribution in [3.63, 3.8) is 0 Å². The molecule has 3 aromatic rings. The Labute approximate surface area is 105 Å². The van der Waals surface area contributed by atoms with Crippen molar-refractivity contribution in [1.29, 1.82) is 0 Å². The summed E-state index contributed by atoms with van der Waals surface area (Å²) in [5, 5.41) is 12.0. The molecule has 0 atom stereocenters. The van der Waals surface area contributed by atoms with E-state index >= 15 is 0 Å². The van der Waals surface area contributed by atoms with Crippen molar-refractivity contribution in [3.05, 3.63) is 42.5 Å². The third-order valence-electron chi connectivity index (χ3n) is 3.03. The van der Waals surface area contributed by atoms with Crippen LogP contribution in [-0.2, 0) is 4.65 Å². The Balaban J connectivity index is 2.31. The highest BCUT2D eigenvalue weighted by atomic mass is 16.5. The Bertz CT molecular complexity index is 690. The summed E-state index contributed by atoms with van der Waals surface area (Å²) in [5.74, 6) is 0. The van der Waals surface area contributed by atoms with Crippen molar-refractivity contribution >= 4 is 34.5 Å². The van der Waals surface area contributed by atoms with Crippen LogP contribution in [0.15, 0.2) is 46.9 Å². The maximum atomic E-state index is 10.0. The van der Waals surface area contributed by atoms with Crippen LogP contribution < -0.4 is 5.46 Å². The van der Waals surface area contributed by atoms with Crippen LogP contribution in [0.25, 0.3) is 21.9 Å². The van der Waals surface area contributed by atoms with Crippen molar-refractivity contribution in [2.24, 2.45) is 0 Å². The van der Waals surface area contributed by atoms with Gasteiger partial charge in [0.05, 0.1) is 0 Å². The van der Waals surface area contributed by atoms with Gasteiger partial charge in [0.1, 0.15) is 11.2 Å². The van der Waals surface area contributed by atoms with Gasteiger partial charge < -0.3 is 14.1 Å². The van der Waals surface area contributed by atoms with Gasteiger partial charge in [0.15, 0.2) is 0 Å². The number of hydrogen-bond donors (Lipinski definition) is 1. The lowest BCUT2D eigenvalue weighted by atomic mass is 9.77. The Hall–Kier alpha value is -1.78. The van der Waals surface area contributed by atoms with Crippen LogP contribution in [0.3, 0.4) is 0 Å². The fourth-order valence-electron chi connectivity index (χ4n) is 2.26. The van der Waals surface area contributed by atoms with Crippen LogP contribution in [-0.4, -0.2) is 18.7 Å². The van der Waals surface area contributed by atoms with E-state index in [0.29, 0.717) is 6.61 Å². The lowest BCUT2D eigenvalue weighted by Crippen LogP contribution is -2.33. The van der Waals surface area contributed by atoms with Crippen molar-refractivity contribution in [3.8, 4) is 0 Å². The van der Waals surface area contributed by atoms with Gasteiger partial charge in [0, 0.05) is 17.4 Å². The van der Waals surface area contributed by atoms with E-state index in [4.69, 9.17) is 9.07 Å². The highest BCUT2D eigenvalue weighted by Crippen LogP contribution is 2.27. The Morgan fingerprint density at radius 1 is 1.11 bits per heavy atom. The third kappa shape index (κ3) is 1.70. The van der Waals surface area contributed by atoms with E-state index in [0.717, 1.165) is 27.4 Å². The molecule has 0 saturated heterocycles. The van der Waals surface area contributed by atoms with Crippen molar-refractivity contribution in [1.82, 2.24) is 0 Å². The van der Waals surface area contributed by atoms with Gasteiger partial charge in [0.2, 0.25) is 0 Å². The first-order valence-electron chi connectivity index (χ1n) is 6.01. The van der Waals surface area contributed by atoms with E-state index in [1.807, 2.05) is 49.4 Å². The summed E-state index contributed by atoms with van der Waals surface area (Å²) >= 11 is 0. The molecule has 0 spiro atoms. The van der Waals surface area contributed by atoms with Crippen LogP contribution in [0.1, 0.15) is 6.92 Å². The second-order valence-corrected chi connectivity index (χ2v) is 4.13. The van der Waals surface area contributed by atoms with E-state index < -0.39 is 7.12 Å². The maximum absolute atomic E-state index is 10.0. The summed E-state index contributed by atoms with van der Waals surface area (Å²) in [6, 6.07) is 13.4. The Morgan fingerprint density at radius 2 is 1.89 bits per heavy atom. The van der Waals surface area contributed by atoms with Gasteiger partial charge in [-0.3, -0.25) is 0 Å². The van der Waals surface area contributed by atoms with E-state index in [1.165, 1.54) is 0 Å². The third-order valence-corrected chi connectivity index (χ3v) is 3.03. The molecule has 1 aromatic heterocycles. The smallest absolute Gasteiger partial charge is 0.456 e. The summed E-state index contributed by atoms with van der Waals surface area (Å²) in [6.45, 7) is 2.32. The standard InChI is InChI=1S/C14H13BO3/c1-2-17-15(16)11-7-5-9-13-14(11)10-6-3-4-8-12(10)18-13/h3-9,16H,2H2,1H3. The first kappa shape index (κ1) is 11.3. The molecular formula is C14H13BO3. The molecule has 0 fully saturated rings. The predicted molar refractivity (Wildman–Crippen MR) is 73.0 cm³/mol. The van der Waals surface area contributed by atoms with Gasteiger partial charge in [-0.2, -0.15) is 0 Å². The van der Waals surface area contributed by atoms with Crippen LogP contribution in [0.5, 0.6) is 0 Å². The lowest BCUT2D eigenvalue weighted by molar-refractivity contribution is 0.287. The molecule has 3 rings (SSSR count). The number of rotatable bonds is 3. The second kappa shape index (κ2) is 4.48. The zero-order valence-electron chi connectivity index (χ0n) is 10.1. The number of benzene rings is 2. The molecule has 90 valence electrons. The zero-order valence-corrected chi connectivity index (χ0v) is 10.1. The topological polar surface area (TPSA) is 42.6 Å². The molecule has 18 heavy (non-hydrogen) atoms. The van der Waals surface area contributed by atoms with Crippen LogP contribution in [0.4, 0.5) is 0 Å². The second-order valence-electron chi connectivity index (χ2n) is 4.13. The summed E-state index contributed by atoms with van der Waals surface area (Å²) < 4.78 is 11.0. The molecule has 4 heteroatoms. The van der Waals surface area contributed by atoms with E-state index in [1.54, 1.807) is 0 Å². The first-order valence-corrected chi connectivity index (χ1v) is 6.01. The summed E-state index contributed by atoms with van der Waals surface area (Å²) in [4.78, 5) is 0. The highest BCUT2D eigenvalue weighted by molar-refractivity contribution is 6.64. The molecule has 0 saturated carbocycles. The monoisotopic (exact) mass is 240 g/mol. The van der Waals surface area contributed by atoms with Gasteiger partial charge >= 0.3 is 7.12 Å². The molecule has 0 unspecified atom stereocenters. The molecular weight excluding hydrogens is 227 g/mol. The van der Waals surface area contributed by atoms with Gasteiger partial charge in [-0.15, -0.1) is 0 Å². The van der Waals surface area contributed by atoms with Gasteiger partial charge in [-0.25, -0.2) is 0 Å². The number of fused-ring (bicyclic) bond motifs is 3. The van der Waals surface area contributed by atoms with E-state index in [9.17, 15) is 5.02 Å². The van der Waals surface area contributed by atoms with E-state index in [2.05, 4.69) is 0 Å². The molecule has 0 bridgehead atoms. The molecule has 1 N–H and O–H groups in total. The molecule has 0 radical (unpaired) electrons. The van der Waals surface area contributed by atoms with Crippen molar-refractivity contribution in [2.75, 3.05) is 6.61 Å². The predicted octanol–water partition coefficient (Wildman–Crippen LogP) is 2.31. The number of para-hydroxylation sites is 1. The SMILES string of the molecule is CCOB(O)c1cccc2oc3ccccc3c12. The lowest BCUT2D eigenvalue weighted by Gasteiger charge is -2.07. The average molecular weight is 240 g/mol. The molecule has 3 nitrogen and oxygen atoms in total. The van der Waals surface area contributed by atoms with Crippen LogP contribution in [0.2, 0.25) is 0 Å². The fraction of sp³-hybridized carbons (Fsp3) is 0.143. The molecule has 0 aliphatic carbocycles. The number of hydrogen-bond acceptors (Lipinski definition) is 3. The minimum Gasteiger partial charge on any atom is -0.456 e. The molecule has 0 aliphatic heterocycles. The van der Waals surface area contributed by atoms with Gasteiger partial charge in [0.25, 0.3) is 0 Å². The summed E-state index contributed by atoms with van der Waals surface area (Å²) in [6.07, 6.45) is 0. The van der Waals surface area contributed by atoms with Crippen molar-refractivity contribution < 1.29 is 14.1 Å². The molecule has 2 aromatic carbocycles. The van der Waals surface area contributed by atoms with Gasteiger partial charge in [-0.05, 0) is 24.5 Å². The van der Waals surface area contributed by atoms with Crippen molar-refractivity contribution in [2.45, 2.75) is 6.92 Å². The first-order chi connectivity index (χ1) is 8.81. The minimum atomic E-state index is -0.917.